The first-order valence-corrected chi connectivity index (χ1v) is 5.96. The molecule has 1 rings (SSSR count). The van der Waals surface area contributed by atoms with Gasteiger partial charge in [-0.1, -0.05) is 18.2 Å². The minimum atomic E-state index is -2.56. The van der Waals surface area contributed by atoms with Gasteiger partial charge in [-0.2, -0.15) is 0 Å². The molecule has 0 aromatic heterocycles. The molecule has 0 aliphatic carbocycles. The van der Waals surface area contributed by atoms with Crippen molar-refractivity contribution in [1.82, 2.24) is 4.90 Å². The number of hydrogen-bond donors (Lipinski definition) is 1. The highest BCUT2D eigenvalue weighted by molar-refractivity contribution is 5.79. The van der Waals surface area contributed by atoms with Crippen molar-refractivity contribution < 1.29 is 18.3 Å². The molecule has 0 bridgehead atoms. The fraction of sp³-hybridized carbons (Fsp3) is 0.462. The van der Waals surface area contributed by atoms with Crippen LogP contribution >= 0.6 is 0 Å². The molecule has 0 heterocycles. The lowest BCUT2D eigenvalue weighted by molar-refractivity contribution is -0.132. The van der Waals surface area contributed by atoms with E-state index in [1.165, 1.54) is 7.11 Å². The normalized spacial score (nSPS) is 10.6. The van der Waals surface area contributed by atoms with Gasteiger partial charge in [-0.15, -0.1) is 0 Å². The first-order valence-electron chi connectivity index (χ1n) is 5.96. The van der Waals surface area contributed by atoms with Gasteiger partial charge in [0.05, 0.1) is 20.1 Å². The third-order valence-corrected chi connectivity index (χ3v) is 2.64. The van der Waals surface area contributed by atoms with Gasteiger partial charge >= 0.3 is 0 Å². The Bertz CT molecular complexity index is 413. The maximum absolute atomic E-state index is 12.4. The van der Waals surface area contributed by atoms with Gasteiger partial charge in [-0.3, -0.25) is 4.79 Å². The summed E-state index contributed by atoms with van der Waals surface area (Å²) in [6.45, 7) is -0.312. The third-order valence-electron chi connectivity index (χ3n) is 2.64. The number of nitrogens with two attached hydrogens (primary N) is 1. The standard InChI is InChI=1S/C13H18F2N2O2/c1-19-11-5-3-2-4-10(11)8-13(18)17(7-6-16)9-12(14)15/h2-5,12H,6-9,16H2,1H3. The minimum Gasteiger partial charge on any atom is -0.496 e. The van der Waals surface area contributed by atoms with Crippen molar-refractivity contribution in [2.45, 2.75) is 12.8 Å². The zero-order valence-electron chi connectivity index (χ0n) is 10.8. The van der Waals surface area contributed by atoms with Crippen molar-refractivity contribution in [2.75, 3.05) is 26.7 Å². The maximum Gasteiger partial charge on any atom is 0.255 e. The van der Waals surface area contributed by atoms with Crippen LogP contribution in [0.15, 0.2) is 24.3 Å². The van der Waals surface area contributed by atoms with Crippen LogP contribution in [0.5, 0.6) is 5.75 Å². The van der Waals surface area contributed by atoms with E-state index in [1.54, 1.807) is 24.3 Å². The molecular weight excluding hydrogens is 254 g/mol. The Morgan fingerprint density at radius 3 is 2.68 bits per heavy atom. The van der Waals surface area contributed by atoms with E-state index in [0.29, 0.717) is 11.3 Å². The molecule has 6 heteroatoms. The van der Waals surface area contributed by atoms with Crippen molar-refractivity contribution in [3.63, 3.8) is 0 Å². The van der Waals surface area contributed by atoms with E-state index in [4.69, 9.17) is 10.5 Å². The van der Waals surface area contributed by atoms with Crippen LogP contribution in [0.2, 0.25) is 0 Å². The quantitative estimate of drug-likeness (QED) is 0.813. The number of benzene rings is 1. The van der Waals surface area contributed by atoms with E-state index in [-0.39, 0.29) is 25.4 Å². The second-order valence-corrected chi connectivity index (χ2v) is 4.01. The van der Waals surface area contributed by atoms with Crippen LogP contribution < -0.4 is 10.5 Å². The van der Waals surface area contributed by atoms with E-state index >= 15 is 0 Å². The highest BCUT2D eigenvalue weighted by atomic mass is 19.3. The highest BCUT2D eigenvalue weighted by Crippen LogP contribution is 2.18. The Morgan fingerprint density at radius 2 is 2.11 bits per heavy atom. The average Bonchev–Trinajstić information content (AvgIpc) is 2.38. The molecule has 1 aromatic carbocycles. The fourth-order valence-corrected chi connectivity index (χ4v) is 1.76. The summed E-state index contributed by atoms with van der Waals surface area (Å²) in [5.41, 5.74) is 6.00. The van der Waals surface area contributed by atoms with Crippen molar-refractivity contribution >= 4 is 5.91 Å². The van der Waals surface area contributed by atoms with Gasteiger partial charge in [-0.05, 0) is 6.07 Å². The van der Waals surface area contributed by atoms with Crippen LogP contribution in [0.4, 0.5) is 8.78 Å². The number of methoxy groups -OCH3 is 1. The zero-order valence-corrected chi connectivity index (χ0v) is 10.8. The summed E-state index contributed by atoms with van der Waals surface area (Å²) in [5, 5.41) is 0. The second-order valence-electron chi connectivity index (χ2n) is 4.01. The summed E-state index contributed by atoms with van der Waals surface area (Å²) >= 11 is 0. The molecule has 1 amide bonds. The van der Waals surface area contributed by atoms with Crippen molar-refractivity contribution in [3.8, 4) is 5.75 Å². The smallest absolute Gasteiger partial charge is 0.255 e. The predicted molar refractivity (Wildman–Crippen MR) is 68.3 cm³/mol. The molecule has 0 spiro atoms. The molecule has 0 saturated carbocycles. The summed E-state index contributed by atoms with van der Waals surface area (Å²) in [6, 6.07) is 7.01. The Morgan fingerprint density at radius 1 is 1.42 bits per heavy atom. The Labute approximate surface area is 111 Å². The SMILES string of the molecule is COc1ccccc1CC(=O)N(CCN)CC(F)F. The van der Waals surface area contributed by atoms with Crippen LogP contribution in [0.3, 0.4) is 0 Å². The highest BCUT2D eigenvalue weighted by Gasteiger charge is 2.18. The Hall–Kier alpha value is -1.69. The van der Waals surface area contributed by atoms with Crippen LogP contribution in [0.25, 0.3) is 0 Å². The van der Waals surface area contributed by atoms with E-state index in [0.717, 1.165) is 4.90 Å². The molecule has 0 unspecified atom stereocenters. The summed E-state index contributed by atoms with van der Waals surface area (Å²) in [7, 11) is 1.50. The zero-order chi connectivity index (χ0) is 14.3. The first-order chi connectivity index (χ1) is 9.08. The average molecular weight is 272 g/mol. The second kappa shape index (κ2) is 7.68. The van der Waals surface area contributed by atoms with E-state index < -0.39 is 13.0 Å². The van der Waals surface area contributed by atoms with E-state index in [1.807, 2.05) is 0 Å². The maximum atomic E-state index is 12.4. The number of carbonyl (C=O) groups is 1. The van der Waals surface area contributed by atoms with Gasteiger partial charge in [0.25, 0.3) is 6.43 Å². The molecule has 0 aliphatic rings. The van der Waals surface area contributed by atoms with Crippen LogP contribution in [-0.2, 0) is 11.2 Å². The number of amides is 1. The molecule has 0 saturated heterocycles. The summed E-state index contributed by atoms with van der Waals surface area (Å²) in [6.07, 6.45) is -2.54. The number of hydrogen-bond acceptors (Lipinski definition) is 3. The lowest BCUT2D eigenvalue weighted by Gasteiger charge is -2.22. The molecule has 0 atom stereocenters. The first kappa shape index (κ1) is 15.4. The van der Waals surface area contributed by atoms with Crippen molar-refractivity contribution in [3.05, 3.63) is 29.8 Å². The molecule has 4 nitrogen and oxygen atoms in total. The number of rotatable bonds is 7. The number of carbonyl (C=O) groups excluding carboxylic acids is 1. The van der Waals surface area contributed by atoms with Crippen LogP contribution in [-0.4, -0.2) is 44.0 Å². The number of halogens is 2. The molecule has 1 aromatic rings. The van der Waals surface area contributed by atoms with E-state index in [2.05, 4.69) is 0 Å². The number of ether oxygens (including phenoxy) is 1. The summed E-state index contributed by atoms with van der Waals surface area (Å²) in [4.78, 5) is 13.1. The predicted octanol–water partition coefficient (Wildman–Crippen LogP) is 1.29. The van der Waals surface area contributed by atoms with Crippen molar-refractivity contribution in [1.29, 1.82) is 0 Å². The van der Waals surface area contributed by atoms with Gasteiger partial charge in [0.1, 0.15) is 5.75 Å². The Kier molecular flexibility index (Phi) is 6.21. The summed E-state index contributed by atoms with van der Waals surface area (Å²) in [5.74, 6) is 0.191. The third kappa shape index (κ3) is 4.82. The topological polar surface area (TPSA) is 55.6 Å². The lowest BCUT2D eigenvalue weighted by atomic mass is 10.1. The molecule has 19 heavy (non-hydrogen) atoms. The van der Waals surface area contributed by atoms with Gasteiger partial charge in [0.2, 0.25) is 5.91 Å². The van der Waals surface area contributed by atoms with Crippen molar-refractivity contribution in [2.24, 2.45) is 5.73 Å². The number of alkyl halides is 2. The summed E-state index contributed by atoms with van der Waals surface area (Å²) < 4.78 is 29.9. The monoisotopic (exact) mass is 272 g/mol. The Balaban J connectivity index is 2.75. The molecule has 0 fully saturated rings. The molecule has 0 radical (unpaired) electrons. The van der Waals surface area contributed by atoms with Gasteiger partial charge in [0, 0.05) is 18.7 Å². The van der Waals surface area contributed by atoms with Gasteiger partial charge in [0.15, 0.2) is 0 Å². The van der Waals surface area contributed by atoms with Gasteiger partial charge < -0.3 is 15.4 Å². The van der Waals surface area contributed by atoms with Crippen LogP contribution in [0, 0.1) is 0 Å². The van der Waals surface area contributed by atoms with Crippen LogP contribution in [0.1, 0.15) is 5.56 Å². The lowest BCUT2D eigenvalue weighted by Crippen LogP contribution is -2.39. The molecule has 0 aliphatic heterocycles. The number of nitrogens with zero attached hydrogens (tertiary/aromatic N) is 1. The largest absolute Gasteiger partial charge is 0.496 e. The van der Waals surface area contributed by atoms with E-state index in [9.17, 15) is 13.6 Å². The molecular formula is C13H18F2N2O2. The minimum absolute atomic E-state index is 0.0245. The fourth-order valence-electron chi connectivity index (χ4n) is 1.76. The molecule has 106 valence electrons. The molecule has 2 N–H and O–H groups in total. The number of para-hydroxylation sites is 1. The van der Waals surface area contributed by atoms with Gasteiger partial charge in [-0.25, -0.2) is 8.78 Å².